The molecule has 30 heavy (non-hydrogen) atoms. The zero-order valence-electron chi connectivity index (χ0n) is 17.6. The first kappa shape index (κ1) is 20.7. The standard InChI is InChI=1S/C23H30N4O3/c1-22(2,19(28)17(24)8-13-4-3-5-26-12-13)21(30)27-18-15-6-14-7-16(18)11-23(9-14,10-15)20(25)29/h3-5,12,14-16,18,24H,6-11H2,1-2H3,(H2,25,29)(H,27,30). The van der Waals surface area contributed by atoms with Crippen LogP contribution < -0.4 is 11.1 Å². The molecule has 0 radical (unpaired) electrons. The number of primary amides is 1. The molecule has 0 aliphatic heterocycles. The lowest BCUT2D eigenvalue weighted by Gasteiger charge is -2.59. The van der Waals surface area contributed by atoms with Crippen molar-refractivity contribution in [2.75, 3.05) is 0 Å². The Hall–Kier alpha value is -2.57. The number of ketones is 1. The second-order valence-corrected chi connectivity index (χ2v) is 10.1. The van der Waals surface area contributed by atoms with E-state index in [1.165, 1.54) is 0 Å². The van der Waals surface area contributed by atoms with E-state index in [2.05, 4.69) is 10.3 Å². The number of nitrogens with zero attached hydrogens (tertiary/aromatic N) is 1. The molecule has 160 valence electrons. The first-order chi connectivity index (χ1) is 14.1. The zero-order valence-corrected chi connectivity index (χ0v) is 17.6. The Morgan fingerprint density at radius 1 is 1.23 bits per heavy atom. The molecule has 4 fully saturated rings. The van der Waals surface area contributed by atoms with Gasteiger partial charge in [-0.15, -0.1) is 0 Å². The van der Waals surface area contributed by atoms with Gasteiger partial charge in [0.2, 0.25) is 11.8 Å². The molecule has 4 bridgehead atoms. The molecule has 4 N–H and O–H groups in total. The van der Waals surface area contributed by atoms with Gasteiger partial charge in [0.25, 0.3) is 0 Å². The Morgan fingerprint density at radius 2 is 1.90 bits per heavy atom. The van der Waals surface area contributed by atoms with Crippen molar-refractivity contribution in [3.8, 4) is 0 Å². The highest BCUT2D eigenvalue weighted by Gasteiger charge is 2.58. The maximum atomic E-state index is 13.1. The summed E-state index contributed by atoms with van der Waals surface area (Å²) in [5, 5.41) is 11.4. The molecule has 0 saturated heterocycles. The second-order valence-electron chi connectivity index (χ2n) is 10.1. The topological polar surface area (TPSA) is 126 Å². The summed E-state index contributed by atoms with van der Waals surface area (Å²) in [6.45, 7) is 3.17. The van der Waals surface area contributed by atoms with Crippen molar-refractivity contribution in [1.29, 1.82) is 5.41 Å². The number of pyridine rings is 1. The summed E-state index contributed by atoms with van der Waals surface area (Å²) < 4.78 is 0. The van der Waals surface area contributed by atoms with Gasteiger partial charge in [-0.2, -0.15) is 0 Å². The van der Waals surface area contributed by atoms with E-state index in [-0.39, 0.29) is 41.8 Å². The zero-order chi connectivity index (χ0) is 21.7. The number of hydrogen-bond acceptors (Lipinski definition) is 5. The summed E-state index contributed by atoms with van der Waals surface area (Å²) >= 11 is 0. The Kier molecular flexibility index (Phi) is 5.03. The lowest BCUT2D eigenvalue weighted by Crippen LogP contribution is -2.63. The van der Waals surface area contributed by atoms with Gasteiger partial charge in [0.15, 0.2) is 5.78 Å². The smallest absolute Gasteiger partial charge is 0.233 e. The normalized spacial score (nSPS) is 31.9. The summed E-state index contributed by atoms with van der Waals surface area (Å²) in [5.74, 6) is -0.0475. The number of carbonyl (C=O) groups excluding carboxylic acids is 3. The lowest BCUT2D eigenvalue weighted by molar-refractivity contribution is -0.149. The minimum absolute atomic E-state index is 0.0268. The quantitative estimate of drug-likeness (QED) is 0.470. The second kappa shape index (κ2) is 7.29. The van der Waals surface area contributed by atoms with Gasteiger partial charge in [0.05, 0.1) is 5.71 Å². The third kappa shape index (κ3) is 3.44. The van der Waals surface area contributed by atoms with Gasteiger partial charge < -0.3 is 16.5 Å². The summed E-state index contributed by atoms with van der Waals surface area (Å²) in [4.78, 5) is 42.2. The summed E-state index contributed by atoms with van der Waals surface area (Å²) in [7, 11) is 0. The third-order valence-electron chi connectivity index (χ3n) is 7.61. The fraction of sp³-hybridized carbons (Fsp3) is 0.609. The highest BCUT2D eigenvalue weighted by Crippen LogP contribution is 2.60. The average molecular weight is 411 g/mol. The van der Waals surface area contributed by atoms with Gasteiger partial charge in [-0.05, 0) is 75.3 Å². The Balaban J connectivity index is 1.44. The number of carbonyl (C=O) groups is 3. The van der Waals surface area contributed by atoms with Gasteiger partial charge in [-0.3, -0.25) is 19.4 Å². The van der Waals surface area contributed by atoms with E-state index in [4.69, 9.17) is 11.1 Å². The maximum absolute atomic E-state index is 13.1. The van der Waals surface area contributed by atoms with E-state index in [0.717, 1.165) is 37.7 Å². The highest BCUT2D eigenvalue weighted by molar-refractivity contribution is 6.44. The summed E-state index contributed by atoms with van der Waals surface area (Å²) in [6, 6.07) is 3.54. The average Bonchev–Trinajstić information content (AvgIpc) is 2.70. The van der Waals surface area contributed by atoms with Crippen LogP contribution in [0.4, 0.5) is 0 Å². The van der Waals surface area contributed by atoms with Crippen molar-refractivity contribution < 1.29 is 14.4 Å². The van der Waals surface area contributed by atoms with Crippen molar-refractivity contribution >= 4 is 23.3 Å². The first-order valence-corrected chi connectivity index (χ1v) is 10.7. The van der Waals surface area contributed by atoms with Crippen LogP contribution in [0.3, 0.4) is 0 Å². The number of rotatable bonds is 7. The third-order valence-corrected chi connectivity index (χ3v) is 7.61. The molecule has 2 amide bonds. The molecule has 2 atom stereocenters. The molecule has 1 heterocycles. The van der Waals surface area contributed by atoms with Crippen LogP contribution in [-0.4, -0.2) is 34.3 Å². The summed E-state index contributed by atoms with van der Waals surface area (Å²) in [5.41, 5.74) is 4.68. The van der Waals surface area contributed by atoms with Gasteiger partial charge >= 0.3 is 0 Å². The number of Topliss-reactive ketones (excluding diaryl/α,β-unsaturated/α-hetero) is 1. The first-order valence-electron chi connectivity index (χ1n) is 10.7. The molecular weight excluding hydrogens is 380 g/mol. The maximum Gasteiger partial charge on any atom is 0.233 e. The number of nitrogens with two attached hydrogens (primary N) is 1. The minimum atomic E-state index is -1.32. The van der Waals surface area contributed by atoms with Crippen molar-refractivity contribution in [3.05, 3.63) is 30.1 Å². The monoisotopic (exact) mass is 410 g/mol. The fourth-order valence-corrected chi connectivity index (χ4v) is 6.16. The predicted octanol–water partition coefficient (Wildman–Crippen LogP) is 2.04. The van der Waals surface area contributed by atoms with Crippen molar-refractivity contribution in [3.63, 3.8) is 0 Å². The largest absolute Gasteiger partial charge is 0.369 e. The SMILES string of the molecule is CC(C)(C(=O)NC1C2CC3CC1CC(C(N)=O)(C3)C2)C(=O)C(=N)Cc1cccnc1. The molecule has 1 aromatic heterocycles. The molecule has 1 aromatic rings. The van der Waals surface area contributed by atoms with Crippen molar-refractivity contribution in [2.24, 2.45) is 34.3 Å². The van der Waals surface area contributed by atoms with Gasteiger partial charge in [0.1, 0.15) is 5.41 Å². The van der Waals surface area contributed by atoms with E-state index >= 15 is 0 Å². The molecule has 0 spiro atoms. The number of amides is 2. The van der Waals surface area contributed by atoms with Gasteiger partial charge in [-0.25, -0.2) is 0 Å². The predicted molar refractivity (Wildman–Crippen MR) is 112 cm³/mol. The number of aromatic nitrogens is 1. The van der Waals surface area contributed by atoms with Crippen LogP contribution in [-0.2, 0) is 20.8 Å². The Morgan fingerprint density at radius 3 is 2.47 bits per heavy atom. The minimum Gasteiger partial charge on any atom is -0.369 e. The van der Waals surface area contributed by atoms with Crippen LogP contribution in [0.1, 0.15) is 51.5 Å². The fourth-order valence-electron chi connectivity index (χ4n) is 6.16. The molecule has 5 rings (SSSR count). The van der Waals surface area contributed by atoms with Crippen LogP contribution in [0.25, 0.3) is 0 Å². The van der Waals surface area contributed by atoms with Crippen molar-refractivity contribution in [2.45, 2.75) is 58.4 Å². The molecule has 4 aliphatic rings. The molecule has 2 unspecified atom stereocenters. The van der Waals surface area contributed by atoms with Crippen LogP contribution in [0.2, 0.25) is 0 Å². The van der Waals surface area contributed by atoms with Gasteiger partial charge in [0, 0.05) is 30.3 Å². The summed E-state index contributed by atoms with van der Waals surface area (Å²) in [6.07, 6.45) is 7.75. The molecule has 4 saturated carbocycles. The molecule has 7 nitrogen and oxygen atoms in total. The Bertz CT molecular complexity index is 879. The van der Waals surface area contributed by atoms with Crippen molar-refractivity contribution in [1.82, 2.24) is 10.3 Å². The van der Waals surface area contributed by atoms with E-state index in [1.807, 2.05) is 6.07 Å². The van der Waals surface area contributed by atoms with Crippen LogP contribution in [0, 0.1) is 34.0 Å². The van der Waals surface area contributed by atoms with Crippen LogP contribution >= 0.6 is 0 Å². The van der Waals surface area contributed by atoms with Gasteiger partial charge in [-0.1, -0.05) is 6.07 Å². The van der Waals surface area contributed by atoms with Crippen LogP contribution in [0.15, 0.2) is 24.5 Å². The van der Waals surface area contributed by atoms with E-state index in [9.17, 15) is 14.4 Å². The highest BCUT2D eigenvalue weighted by atomic mass is 16.2. The molecular formula is C23H30N4O3. The molecule has 7 heteroatoms. The van der Waals surface area contributed by atoms with Crippen LogP contribution in [0.5, 0.6) is 0 Å². The number of hydrogen-bond donors (Lipinski definition) is 3. The molecule has 0 aromatic carbocycles. The van der Waals surface area contributed by atoms with E-state index in [1.54, 1.807) is 32.3 Å². The molecule has 4 aliphatic carbocycles. The lowest BCUT2D eigenvalue weighted by atomic mass is 9.47. The Labute approximate surface area is 176 Å². The number of nitrogens with one attached hydrogen (secondary N) is 2. The van der Waals surface area contributed by atoms with E-state index in [0.29, 0.717) is 5.92 Å². The van der Waals surface area contributed by atoms with E-state index < -0.39 is 16.6 Å².